The van der Waals surface area contributed by atoms with Crippen LogP contribution in [0.1, 0.15) is 35.9 Å². The first-order valence-corrected chi connectivity index (χ1v) is 8.14. The summed E-state index contributed by atoms with van der Waals surface area (Å²) >= 11 is 0. The molecule has 0 N–H and O–H groups in total. The fourth-order valence-electron chi connectivity index (χ4n) is 3.22. The minimum Gasteiger partial charge on any atom is -0.377 e. The van der Waals surface area contributed by atoms with Crippen LogP contribution in [0.2, 0.25) is 0 Å². The van der Waals surface area contributed by atoms with Crippen LogP contribution in [0.15, 0.2) is 6.20 Å². The maximum absolute atomic E-state index is 12.5. The number of nitriles is 1. The van der Waals surface area contributed by atoms with Gasteiger partial charge < -0.3 is 9.64 Å². The van der Waals surface area contributed by atoms with Gasteiger partial charge in [0.15, 0.2) is 5.65 Å². The third kappa shape index (κ3) is 2.85. The van der Waals surface area contributed by atoms with Crippen LogP contribution in [0, 0.1) is 25.2 Å². The Morgan fingerprint density at radius 3 is 3.00 bits per heavy atom. The van der Waals surface area contributed by atoms with Gasteiger partial charge in [-0.2, -0.15) is 10.4 Å². The quantitative estimate of drug-likeness (QED) is 0.851. The second-order valence-corrected chi connectivity index (χ2v) is 6.18. The Labute approximate surface area is 140 Å². The van der Waals surface area contributed by atoms with E-state index in [9.17, 15) is 4.79 Å². The lowest BCUT2D eigenvalue weighted by Crippen LogP contribution is -2.47. The number of morpholine rings is 1. The molecule has 2 aromatic rings. The highest BCUT2D eigenvalue weighted by atomic mass is 16.5. The van der Waals surface area contributed by atoms with E-state index in [0.29, 0.717) is 43.8 Å². The molecule has 24 heavy (non-hydrogen) atoms. The molecule has 0 radical (unpaired) electrons. The van der Waals surface area contributed by atoms with Gasteiger partial charge in [-0.05, 0) is 32.8 Å². The van der Waals surface area contributed by atoms with Crippen molar-refractivity contribution >= 4 is 11.6 Å². The summed E-state index contributed by atoms with van der Waals surface area (Å²) in [6, 6.07) is 2.23. The van der Waals surface area contributed by atoms with E-state index in [1.165, 1.54) is 6.20 Å². The van der Waals surface area contributed by atoms with Gasteiger partial charge in [-0.25, -0.2) is 9.50 Å². The van der Waals surface area contributed by atoms with Gasteiger partial charge >= 0.3 is 0 Å². The molecule has 0 spiro atoms. The summed E-state index contributed by atoms with van der Waals surface area (Å²) in [4.78, 5) is 18.9. The summed E-state index contributed by atoms with van der Waals surface area (Å²) in [6.45, 7) is 7.73. The van der Waals surface area contributed by atoms with Crippen LogP contribution in [0.5, 0.6) is 0 Å². The van der Waals surface area contributed by atoms with Crippen molar-refractivity contribution < 1.29 is 9.53 Å². The second kappa shape index (κ2) is 6.57. The molecule has 1 atom stereocenters. The Bertz CT molecular complexity index is 820. The molecular weight excluding hydrogens is 306 g/mol. The SMILES string of the molecule is Cc1nc2c(C#N)cnn2c(C)c1CCC(=O)N1CCOCC1C. The molecule has 3 heterocycles. The maximum atomic E-state index is 12.5. The highest BCUT2D eigenvalue weighted by molar-refractivity contribution is 5.77. The van der Waals surface area contributed by atoms with E-state index in [1.54, 1.807) is 4.52 Å². The summed E-state index contributed by atoms with van der Waals surface area (Å²) in [7, 11) is 0. The molecule has 0 saturated carbocycles. The monoisotopic (exact) mass is 327 g/mol. The number of carbonyl (C=O) groups excluding carboxylic acids is 1. The zero-order valence-electron chi connectivity index (χ0n) is 14.2. The van der Waals surface area contributed by atoms with Crippen LogP contribution in [0.3, 0.4) is 0 Å². The summed E-state index contributed by atoms with van der Waals surface area (Å²) in [5, 5.41) is 13.4. The van der Waals surface area contributed by atoms with E-state index in [4.69, 9.17) is 10.00 Å². The third-order valence-corrected chi connectivity index (χ3v) is 4.61. The average molecular weight is 327 g/mol. The molecule has 0 aliphatic carbocycles. The molecule has 1 fully saturated rings. The molecule has 1 amide bonds. The number of ether oxygens (including phenoxy) is 1. The average Bonchev–Trinajstić information content (AvgIpc) is 2.97. The van der Waals surface area contributed by atoms with E-state index in [1.807, 2.05) is 25.7 Å². The standard InChI is InChI=1S/C17H21N5O2/c1-11-10-24-7-6-21(11)16(23)5-4-15-12(2)20-17-14(8-18)9-19-22(17)13(15)3/h9,11H,4-7,10H2,1-3H3. The Balaban J connectivity index is 1.80. The first kappa shape index (κ1) is 16.4. The molecule has 1 unspecified atom stereocenters. The highest BCUT2D eigenvalue weighted by Crippen LogP contribution is 2.19. The molecule has 126 valence electrons. The van der Waals surface area contributed by atoms with Crippen LogP contribution >= 0.6 is 0 Å². The van der Waals surface area contributed by atoms with Crippen molar-refractivity contribution in [1.82, 2.24) is 19.5 Å². The van der Waals surface area contributed by atoms with Crippen LogP contribution in [-0.2, 0) is 16.0 Å². The molecule has 1 aliphatic heterocycles. The molecule has 3 rings (SSSR count). The van der Waals surface area contributed by atoms with Crippen LogP contribution < -0.4 is 0 Å². The number of hydrogen-bond acceptors (Lipinski definition) is 5. The van der Waals surface area contributed by atoms with Gasteiger partial charge in [0, 0.05) is 24.4 Å². The fraction of sp³-hybridized carbons (Fsp3) is 0.529. The summed E-state index contributed by atoms with van der Waals surface area (Å²) in [5.74, 6) is 0.142. The zero-order chi connectivity index (χ0) is 17.3. The normalized spacial score (nSPS) is 17.9. The van der Waals surface area contributed by atoms with Crippen molar-refractivity contribution in [3.63, 3.8) is 0 Å². The molecule has 0 aromatic carbocycles. The zero-order valence-corrected chi connectivity index (χ0v) is 14.2. The minimum atomic E-state index is 0.123. The van der Waals surface area contributed by atoms with E-state index < -0.39 is 0 Å². The van der Waals surface area contributed by atoms with E-state index in [2.05, 4.69) is 16.2 Å². The van der Waals surface area contributed by atoms with Crippen molar-refractivity contribution in [1.29, 1.82) is 5.26 Å². The van der Waals surface area contributed by atoms with Gasteiger partial charge in [-0.15, -0.1) is 0 Å². The Kier molecular flexibility index (Phi) is 4.49. The number of fused-ring (bicyclic) bond motifs is 1. The second-order valence-electron chi connectivity index (χ2n) is 6.18. The largest absolute Gasteiger partial charge is 0.377 e. The number of aromatic nitrogens is 3. The van der Waals surface area contributed by atoms with E-state index in [-0.39, 0.29) is 11.9 Å². The number of amides is 1. The lowest BCUT2D eigenvalue weighted by Gasteiger charge is -2.33. The van der Waals surface area contributed by atoms with E-state index >= 15 is 0 Å². The Hall–Kier alpha value is -2.46. The third-order valence-electron chi connectivity index (χ3n) is 4.61. The molecule has 1 saturated heterocycles. The summed E-state index contributed by atoms with van der Waals surface area (Å²) in [6.07, 6.45) is 2.58. The smallest absolute Gasteiger partial charge is 0.223 e. The predicted molar refractivity (Wildman–Crippen MR) is 87.5 cm³/mol. The molecular formula is C17H21N5O2. The summed E-state index contributed by atoms with van der Waals surface area (Å²) in [5.41, 5.74) is 3.83. The van der Waals surface area contributed by atoms with Crippen LogP contribution in [0.25, 0.3) is 5.65 Å². The van der Waals surface area contributed by atoms with Gasteiger partial charge in [-0.3, -0.25) is 4.79 Å². The first-order chi connectivity index (χ1) is 11.5. The van der Waals surface area contributed by atoms with Crippen molar-refractivity contribution in [3.05, 3.63) is 28.7 Å². The lowest BCUT2D eigenvalue weighted by atomic mass is 10.1. The molecule has 7 nitrogen and oxygen atoms in total. The molecule has 2 aromatic heterocycles. The van der Waals surface area contributed by atoms with Gasteiger partial charge in [-0.1, -0.05) is 0 Å². The summed E-state index contributed by atoms with van der Waals surface area (Å²) < 4.78 is 7.07. The topological polar surface area (TPSA) is 83.5 Å². The van der Waals surface area contributed by atoms with Gasteiger partial charge in [0.05, 0.1) is 25.5 Å². The number of carbonyl (C=O) groups is 1. The molecule has 7 heteroatoms. The molecule has 1 aliphatic rings. The number of rotatable bonds is 3. The first-order valence-electron chi connectivity index (χ1n) is 8.14. The predicted octanol–water partition coefficient (Wildman–Crippen LogP) is 1.40. The van der Waals surface area contributed by atoms with Gasteiger partial charge in [0.1, 0.15) is 11.6 Å². The van der Waals surface area contributed by atoms with Crippen molar-refractivity contribution in [3.8, 4) is 6.07 Å². The van der Waals surface area contributed by atoms with Crippen molar-refractivity contribution in [2.75, 3.05) is 19.8 Å². The van der Waals surface area contributed by atoms with Gasteiger partial charge in [0.2, 0.25) is 5.91 Å². The van der Waals surface area contributed by atoms with Crippen LogP contribution in [0.4, 0.5) is 0 Å². The van der Waals surface area contributed by atoms with E-state index in [0.717, 1.165) is 17.0 Å². The number of hydrogen-bond donors (Lipinski definition) is 0. The maximum Gasteiger partial charge on any atom is 0.223 e. The highest BCUT2D eigenvalue weighted by Gasteiger charge is 2.24. The minimum absolute atomic E-state index is 0.123. The Morgan fingerprint density at radius 1 is 1.50 bits per heavy atom. The number of aryl methyl sites for hydroxylation is 2. The molecule has 0 bridgehead atoms. The Morgan fingerprint density at radius 2 is 2.29 bits per heavy atom. The van der Waals surface area contributed by atoms with Crippen molar-refractivity contribution in [2.45, 2.75) is 39.7 Å². The lowest BCUT2D eigenvalue weighted by molar-refractivity contribution is -0.139. The van der Waals surface area contributed by atoms with Crippen LogP contribution in [-0.4, -0.2) is 51.2 Å². The van der Waals surface area contributed by atoms with Gasteiger partial charge in [0.25, 0.3) is 0 Å². The van der Waals surface area contributed by atoms with Crippen molar-refractivity contribution in [2.24, 2.45) is 0 Å². The number of nitrogens with zero attached hydrogens (tertiary/aromatic N) is 5. The fourth-order valence-corrected chi connectivity index (χ4v) is 3.22.